The van der Waals surface area contributed by atoms with Gasteiger partial charge in [-0.1, -0.05) is 6.92 Å². The number of aromatic nitrogens is 2. The molecule has 1 saturated carbocycles. The van der Waals surface area contributed by atoms with E-state index in [1.165, 1.54) is 12.8 Å². The molecule has 1 fully saturated rings. The Hall–Kier alpha value is -0.870. The molecule has 3 rings (SSSR count). The number of hydrogen-bond acceptors (Lipinski definition) is 4. The standard InChI is InChI=1S/C14H18ClN3S/c1-10-2-5-14(8-15,6-3-10)18-12-11-4-7-19-13(11)17-9-16-12/h4,7,9-10H,2-3,5-6,8H2,1H3,(H,16,17,18). The van der Waals surface area contributed by atoms with Crippen LogP contribution >= 0.6 is 22.9 Å². The molecule has 2 aromatic heterocycles. The van der Waals surface area contributed by atoms with Gasteiger partial charge in [-0.05, 0) is 43.0 Å². The van der Waals surface area contributed by atoms with E-state index >= 15 is 0 Å². The van der Waals surface area contributed by atoms with Crippen LogP contribution in [-0.4, -0.2) is 21.4 Å². The molecule has 0 aromatic carbocycles. The number of halogens is 1. The molecule has 19 heavy (non-hydrogen) atoms. The lowest BCUT2D eigenvalue weighted by Crippen LogP contribution is -2.43. The summed E-state index contributed by atoms with van der Waals surface area (Å²) in [6, 6.07) is 2.08. The third kappa shape index (κ3) is 2.56. The molecule has 102 valence electrons. The van der Waals surface area contributed by atoms with E-state index in [2.05, 4.69) is 33.7 Å². The van der Waals surface area contributed by atoms with E-state index < -0.39 is 0 Å². The maximum atomic E-state index is 6.26. The summed E-state index contributed by atoms with van der Waals surface area (Å²) in [4.78, 5) is 9.73. The molecule has 0 unspecified atom stereocenters. The molecule has 3 nitrogen and oxygen atoms in total. The number of nitrogens with one attached hydrogen (secondary N) is 1. The second-order valence-electron chi connectivity index (χ2n) is 5.58. The van der Waals surface area contributed by atoms with Crippen LogP contribution in [0.4, 0.5) is 5.82 Å². The predicted molar refractivity (Wildman–Crippen MR) is 82.1 cm³/mol. The molecule has 1 N–H and O–H groups in total. The maximum Gasteiger partial charge on any atom is 0.138 e. The lowest BCUT2D eigenvalue weighted by molar-refractivity contribution is 0.286. The average molecular weight is 296 g/mol. The summed E-state index contributed by atoms with van der Waals surface area (Å²) in [6.45, 7) is 2.32. The van der Waals surface area contributed by atoms with Gasteiger partial charge in [-0.3, -0.25) is 0 Å². The van der Waals surface area contributed by atoms with Crippen LogP contribution in [0.1, 0.15) is 32.6 Å². The van der Waals surface area contributed by atoms with Gasteiger partial charge in [0.25, 0.3) is 0 Å². The van der Waals surface area contributed by atoms with Gasteiger partial charge in [0.2, 0.25) is 0 Å². The van der Waals surface area contributed by atoms with Crippen molar-refractivity contribution in [2.24, 2.45) is 5.92 Å². The van der Waals surface area contributed by atoms with E-state index in [1.807, 2.05) is 0 Å². The fourth-order valence-electron chi connectivity index (χ4n) is 2.75. The molecule has 1 aliphatic rings. The zero-order chi connectivity index (χ0) is 13.3. The Bertz CT molecular complexity index is 561. The van der Waals surface area contributed by atoms with Crippen LogP contribution in [0.15, 0.2) is 17.8 Å². The summed E-state index contributed by atoms with van der Waals surface area (Å²) in [6.07, 6.45) is 6.34. The second-order valence-corrected chi connectivity index (χ2v) is 6.75. The van der Waals surface area contributed by atoms with Gasteiger partial charge >= 0.3 is 0 Å². The smallest absolute Gasteiger partial charge is 0.138 e. The van der Waals surface area contributed by atoms with Gasteiger partial charge < -0.3 is 5.32 Å². The highest BCUT2D eigenvalue weighted by Gasteiger charge is 2.34. The fraction of sp³-hybridized carbons (Fsp3) is 0.571. The molecule has 2 aromatic rings. The molecule has 2 heterocycles. The quantitative estimate of drug-likeness (QED) is 0.858. The van der Waals surface area contributed by atoms with Crippen molar-refractivity contribution in [2.45, 2.75) is 38.1 Å². The summed E-state index contributed by atoms with van der Waals surface area (Å²) in [7, 11) is 0. The monoisotopic (exact) mass is 295 g/mol. The van der Waals surface area contributed by atoms with Crippen LogP contribution in [0.2, 0.25) is 0 Å². The molecule has 0 bridgehead atoms. The van der Waals surface area contributed by atoms with E-state index in [4.69, 9.17) is 11.6 Å². The van der Waals surface area contributed by atoms with E-state index in [0.717, 1.165) is 34.8 Å². The summed E-state index contributed by atoms with van der Waals surface area (Å²) < 4.78 is 0. The third-order valence-electron chi connectivity index (χ3n) is 4.13. The maximum absolute atomic E-state index is 6.26. The number of anilines is 1. The summed E-state index contributed by atoms with van der Waals surface area (Å²) in [5, 5.41) is 6.78. The highest BCUT2D eigenvalue weighted by molar-refractivity contribution is 7.16. The van der Waals surface area contributed by atoms with E-state index in [9.17, 15) is 0 Å². The first-order chi connectivity index (χ1) is 9.22. The lowest BCUT2D eigenvalue weighted by Gasteiger charge is -2.39. The average Bonchev–Trinajstić information content (AvgIpc) is 2.91. The van der Waals surface area contributed by atoms with Crippen LogP contribution < -0.4 is 5.32 Å². The van der Waals surface area contributed by atoms with Crippen molar-refractivity contribution in [3.05, 3.63) is 17.8 Å². The molecule has 1 aliphatic carbocycles. The Morgan fingerprint density at radius 1 is 1.42 bits per heavy atom. The molecule has 0 radical (unpaired) electrons. The molecule has 0 aliphatic heterocycles. The van der Waals surface area contributed by atoms with Crippen molar-refractivity contribution < 1.29 is 0 Å². The number of nitrogens with zero attached hydrogens (tertiary/aromatic N) is 2. The normalized spacial score (nSPS) is 27.6. The fourth-order valence-corrected chi connectivity index (χ4v) is 3.81. The van der Waals surface area contributed by atoms with Crippen LogP contribution in [0, 0.1) is 5.92 Å². The van der Waals surface area contributed by atoms with Gasteiger partial charge in [-0.25, -0.2) is 9.97 Å². The number of alkyl halides is 1. The van der Waals surface area contributed by atoms with Gasteiger partial charge in [-0.15, -0.1) is 22.9 Å². The Morgan fingerprint density at radius 3 is 2.95 bits per heavy atom. The molecule has 0 spiro atoms. The van der Waals surface area contributed by atoms with Crippen LogP contribution in [0.5, 0.6) is 0 Å². The molecular formula is C14H18ClN3S. The predicted octanol–water partition coefficient (Wildman–Crippen LogP) is 4.29. The van der Waals surface area contributed by atoms with Crippen molar-refractivity contribution in [1.82, 2.24) is 9.97 Å². The zero-order valence-corrected chi connectivity index (χ0v) is 12.6. The number of rotatable bonds is 3. The topological polar surface area (TPSA) is 37.8 Å². The minimum Gasteiger partial charge on any atom is -0.363 e. The number of fused-ring (bicyclic) bond motifs is 1. The zero-order valence-electron chi connectivity index (χ0n) is 11.0. The minimum atomic E-state index is -0.00269. The first-order valence-corrected chi connectivity index (χ1v) is 8.16. The Balaban J connectivity index is 1.88. The summed E-state index contributed by atoms with van der Waals surface area (Å²) >= 11 is 7.90. The van der Waals surface area contributed by atoms with Crippen molar-refractivity contribution in [3.8, 4) is 0 Å². The van der Waals surface area contributed by atoms with Crippen molar-refractivity contribution in [2.75, 3.05) is 11.2 Å². The summed E-state index contributed by atoms with van der Waals surface area (Å²) in [5.41, 5.74) is -0.00269. The van der Waals surface area contributed by atoms with E-state index in [1.54, 1.807) is 17.7 Å². The number of hydrogen-bond donors (Lipinski definition) is 1. The SMILES string of the molecule is CC1CCC(CCl)(Nc2ncnc3sccc23)CC1. The molecule has 5 heteroatoms. The highest BCUT2D eigenvalue weighted by Crippen LogP contribution is 2.36. The van der Waals surface area contributed by atoms with E-state index in [-0.39, 0.29) is 5.54 Å². The number of thiophene rings is 1. The first kappa shape index (κ1) is 13.1. The van der Waals surface area contributed by atoms with Gasteiger partial charge in [0.05, 0.1) is 10.9 Å². The summed E-state index contributed by atoms with van der Waals surface area (Å²) in [5.74, 6) is 2.38. The second kappa shape index (κ2) is 5.25. The van der Waals surface area contributed by atoms with Crippen LogP contribution in [0.3, 0.4) is 0 Å². The van der Waals surface area contributed by atoms with Gasteiger partial charge in [0.15, 0.2) is 0 Å². The molecule has 0 atom stereocenters. The Labute approximate surface area is 122 Å². The third-order valence-corrected chi connectivity index (χ3v) is 5.46. The van der Waals surface area contributed by atoms with E-state index in [0.29, 0.717) is 5.88 Å². The highest BCUT2D eigenvalue weighted by atomic mass is 35.5. The molecule has 0 amide bonds. The Kier molecular flexibility index (Phi) is 3.63. The van der Waals surface area contributed by atoms with Crippen LogP contribution in [0.25, 0.3) is 10.2 Å². The first-order valence-electron chi connectivity index (χ1n) is 6.75. The van der Waals surface area contributed by atoms with Crippen LogP contribution in [-0.2, 0) is 0 Å². The van der Waals surface area contributed by atoms with Gasteiger partial charge in [-0.2, -0.15) is 0 Å². The van der Waals surface area contributed by atoms with Crippen molar-refractivity contribution >= 4 is 39.0 Å². The van der Waals surface area contributed by atoms with Gasteiger partial charge in [0, 0.05) is 5.88 Å². The largest absolute Gasteiger partial charge is 0.363 e. The minimum absolute atomic E-state index is 0.00269. The lowest BCUT2D eigenvalue weighted by atomic mass is 9.78. The molecular weight excluding hydrogens is 278 g/mol. The van der Waals surface area contributed by atoms with Crippen molar-refractivity contribution in [1.29, 1.82) is 0 Å². The van der Waals surface area contributed by atoms with Gasteiger partial charge in [0.1, 0.15) is 17.0 Å². The van der Waals surface area contributed by atoms with Crippen molar-refractivity contribution in [3.63, 3.8) is 0 Å². The Morgan fingerprint density at radius 2 is 2.21 bits per heavy atom. The molecule has 0 saturated heterocycles.